The normalized spacial score (nSPS) is 12.8. The summed E-state index contributed by atoms with van der Waals surface area (Å²) in [6.45, 7) is 4.30. The van der Waals surface area contributed by atoms with Crippen molar-refractivity contribution in [2.45, 2.75) is 19.9 Å². The molecule has 0 amide bonds. The molecule has 0 radical (unpaired) electrons. The Morgan fingerprint density at radius 1 is 1.62 bits per heavy atom. The molecule has 4 heteroatoms. The lowest BCUT2D eigenvalue weighted by Crippen LogP contribution is -2.35. The topological polar surface area (TPSA) is 38.0 Å². The van der Waals surface area contributed by atoms with E-state index in [4.69, 9.17) is 18.0 Å². The summed E-state index contributed by atoms with van der Waals surface area (Å²) in [6.07, 6.45) is 0. The Labute approximate surface area is 88.1 Å². The molecular formula is C9H14N2S2. The second kappa shape index (κ2) is 4.58. The molecule has 1 atom stereocenters. The van der Waals surface area contributed by atoms with Crippen LogP contribution in [0.3, 0.4) is 0 Å². The predicted molar refractivity (Wildman–Crippen MR) is 61.8 cm³/mol. The van der Waals surface area contributed by atoms with Gasteiger partial charge in [0.25, 0.3) is 0 Å². The molecule has 0 aromatic carbocycles. The summed E-state index contributed by atoms with van der Waals surface area (Å²) in [5.74, 6) is 0.486. The van der Waals surface area contributed by atoms with Crippen LogP contribution in [-0.4, -0.2) is 5.11 Å². The first-order chi connectivity index (χ1) is 6.11. The van der Waals surface area contributed by atoms with Crippen molar-refractivity contribution >= 4 is 28.7 Å². The van der Waals surface area contributed by atoms with Gasteiger partial charge in [0, 0.05) is 4.88 Å². The molecule has 1 aromatic heterocycles. The van der Waals surface area contributed by atoms with Gasteiger partial charge in [-0.15, -0.1) is 11.3 Å². The molecule has 0 saturated heterocycles. The van der Waals surface area contributed by atoms with Gasteiger partial charge in [-0.2, -0.15) is 0 Å². The maximum atomic E-state index is 5.46. The Balaban J connectivity index is 2.74. The first-order valence-corrected chi connectivity index (χ1v) is 5.49. The maximum absolute atomic E-state index is 5.46. The SMILES string of the molecule is CC(C)C(NC(N)=S)c1cccs1. The summed E-state index contributed by atoms with van der Waals surface area (Å²) in [6, 6.07) is 4.38. The Morgan fingerprint density at radius 3 is 2.69 bits per heavy atom. The molecule has 1 unspecified atom stereocenters. The van der Waals surface area contributed by atoms with Crippen molar-refractivity contribution in [3.8, 4) is 0 Å². The van der Waals surface area contributed by atoms with Crippen LogP contribution < -0.4 is 11.1 Å². The highest BCUT2D eigenvalue weighted by molar-refractivity contribution is 7.80. The van der Waals surface area contributed by atoms with Gasteiger partial charge in [-0.3, -0.25) is 0 Å². The molecule has 0 aliphatic rings. The fourth-order valence-electron chi connectivity index (χ4n) is 1.19. The lowest BCUT2D eigenvalue weighted by atomic mass is 10.0. The highest BCUT2D eigenvalue weighted by Crippen LogP contribution is 2.25. The zero-order chi connectivity index (χ0) is 9.84. The van der Waals surface area contributed by atoms with Crippen molar-refractivity contribution in [2.75, 3.05) is 0 Å². The predicted octanol–water partition coefficient (Wildman–Crippen LogP) is 2.28. The molecule has 1 heterocycles. The van der Waals surface area contributed by atoms with Crippen LogP contribution in [0.4, 0.5) is 0 Å². The van der Waals surface area contributed by atoms with Gasteiger partial charge >= 0.3 is 0 Å². The van der Waals surface area contributed by atoms with Gasteiger partial charge in [-0.25, -0.2) is 0 Å². The second-order valence-corrected chi connectivity index (χ2v) is 4.66. The molecule has 13 heavy (non-hydrogen) atoms. The quantitative estimate of drug-likeness (QED) is 0.758. The van der Waals surface area contributed by atoms with Gasteiger partial charge in [-0.05, 0) is 29.6 Å². The molecule has 0 aliphatic heterocycles. The Hall–Kier alpha value is -0.610. The summed E-state index contributed by atoms with van der Waals surface area (Å²) < 4.78 is 0. The van der Waals surface area contributed by atoms with Crippen molar-refractivity contribution in [3.63, 3.8) is 0 Å². The van der Waals surface area contributed by atoms with E-state index in [2.05, 4.69) is 30.6 Å². The van der Waals surface area contributed by atoms with E-state index in [1.165, 1.54) is 4.88 Å². The average molecular weight is 214 g/mol. The third-order valence-electron chi connectivity index (χ3n) is 1.81. The van der Waals surface area contributed by atoms with E-state index < -0.39 is 0 Å². The van der Waals surface area contributed by atoms with E-state index in [0.29, 0.717) is 11.0 Å². The van der Waals surface area contributed by atoms with E-state index in [9.17, 15) is 0 Å². The van der Waals surface area contributed by atoms with E-state index in [1.54, 1.807) is 11.3 Å². The lowest BCUT2D eigenvalue weighted by molar-refractivity contribution is 0.479. The van der Waals surface area contributed by atoms with Gasteiger partial charge in [0.2, 0.25) is 0 Å². The maximum Gasteiger partial charge on any atom is 0.164 e. The average Bonchev–Trinajstić information content (AvgIpc) is 2.50. The number of thiophene rings is 1. The summed E-state index contributed by atoms with van der Waals surface area (Å²) in [4.78, 5) is 1.28. The zero-order valence-electron chi connectivity index (χ0n) is 7.78. The Bertz CT molecular complexity index is 267. The fourth-order valence-corrected chi connectivity index (χ4v) is 2.26. The Kier molecular flexibility index (Phi) is 3.69. The van der Waals surface area contributed by atoms with Crippen molar-refractivity contribution < 1.29 is 0 Å². The van der Waals surface area contributed by atoms with Gasteiger partial charge in [-0.1, -0.05) is 19.9 Å². The van der Waals surface area contributed by atoms with Crippen LogP contribution in [0.2, 0.25) is 0 Å². The lowest BCUT2D eigenvalue weighted by Gasteiger charge is -2.20. The minimum atomic E-state index is 0.248. The van der Waals surface area contributed by atoms with Gasteiger partial charge in [0.05, 0.1) is 6.04 Å². The van der Waals surface area contributed by atoms with E-state index in [-0.39, 0.29) is 6.04 Å². The second-order valence-electron chi connectivity index (χ2n) is 3.25. The molecule has 1 rings (SSSR count). The fraction of sp³-hybridized carbons (Fsp3) is 0.444. The van der Waals surface area contributed by atoms with Crippen LogP contribution >= 0.6 is 23.6 Å². The van der Waals surface area contributed by atoms with Crippen LogP contribution in [0.1, 0.15) is 24.8 Å². The number of nitrogens with one attached hydrogen (secondary N) is 1. The van der Waals surface area contributed by atoms with Gasteiger partial charge < -0.3 is 11.1 Å². The highest BCUT2D eigenvalue weighted by atomic mass is 32.1. The number of thiocarbonyl (C=S) groups is 1. The number of hydrogen-bond acceptors (Lipinski definition) is 2. The molecule has 0 aliphatic carbocycles. The highest BCUT2D eigenvalue weighted by Gasteiger charge is 2.16. The first kappa shape index (κ1) is 10.5. The minimum Gasteiger partial charge on any atom is -0.376 e. The first-order valence-electron chi connectivity index (χ1n) is 4.20. The number of nitrogens with two attached hydrogens (primary N) is 1. The molecule has 0 fully saturated rings. The monoisotopic (exact) mass is 214 g/mol. The van der Waals surface area contributed by atoms with E-state index >= 15 is 0 Å². The van der Waals surface area contributed by atoms with Crippen molar-refractivity contribution in [1.29, 1.82) is 0 Å². The molecule has 0 bridgehead atoms. The molecule has 1 aromatic rings. The van der Waals surface area contributed by atoms with Crippen molar-refractivity contribution in [1.82, 2.24) is 5.32 Å². The van der Waals surface area contributed by atoms with Crippen LogP contribution in [0.5, 0.6) is 0 Å². The number of hydrogen-bond donors (Lipinski definition) is 2. The van der Waals surface area contributed by atoms with Crippen LogP contribution in [0.15, 0.2) is 17.5 Å². The summed E-state index contributed by atoms with van der Waals surface area (Å²) in [5, 5.41) is 5.53. The van der Waals surface area contributed by atoms with E-state index in [0.717, 1.165) is 0 Å². The van der Waals surface area contributed by atoms with Crippen LogP contribution in [-0.2, 0) is 0 Å². The largest absolute Gasteiger partial charge is 0.376 e. The zero-order valence-corrected chi connectivity index (χ0v) is 9.41. The summed E-state index contributed by atoms with van der Waals surface area (Å²) >= 11 is 6.56. The van der Waals surface area contributed by atoms with Crippen molar-refractivity contribution in [2.24, 2.45) is 11.7 Å². The summed E-state index contributed by atoms with van der Waals surface area (Å²) in [5.41, 5.74) is 5.46. The van der Waals surface area contributed by atoms with Crippen molar-refractivity contribution in [3.05, 3.63) is 22.4 Å². The molecular weight excluding hydrogens is 200 g/mol. The molecule has 0 saturated carbocycles. The van der Waals surface area contributed by atoms with Gasteiger partial charge in [0.15, 0.2) is 5.11 Å². The number of rotatable bonds is 3. The van der Waals surface area contributed by atoms with Gasteiger partial charge in [0.1, 0.15) is 0 Å². The third kappa shape index (κ3) is 2.97. The molecule has 0 spiro atoms. The molecule has 72 valence electrons. The summed E-state index contributed by atoms with van der Waals surface area (Å²) in [7, 11) is 0. The molecule has 2 nitrogen and oxygen atoms in total. The standard InChI is InChI=1S/C9H14N2S2/c1-6(2)8(11-9(10)12)7-4-3-5-13-7/h3-6,8H,1-2H3,(H3,10,11,12). The van der Waals surface area contributed by atoms with E-state index in [1.807, 2.05) is 6.07 Å². The third-order valence-corrected chi connectivity index (χ3v) is 2.89. The van der Waals surface area contributed by atoms with Crippen LogP contribution in [0, 0.1) is 5.92 Å². The molecule has 3 N–H and O–H groups in total. The van der Waals surface area contributed by atoms with Crippen LogP contribution in [0.25, 0.3) is 0 Å². The smallest absolute Gasteiger partial charge is 0.164 e. The Morgan fingerprint density at radius 2 is 2.31 bits per heavy atom. The minimum absolute atomic E-state index is 0.248.